The van der Waals surface area contributed by atoms with E-state index in [4.69, 9.17) is 11.5 Å². The number of carbonyl (C=O) groups excluding carboxylic acids is 6. The molecule has 6 heterocycles. The molecule has 6 atom stereocenters. The number of hydrogen-bond acceptors (Lipinski definition) is 13. The lowest BCUT2D eigenvalue weighted by Crippen LogP contribution is -2.70. The number of nitrogens with zero attached hydrogens (tertiary/aromatic N) is 10. The van der Waals surface area contributed by atoms with E-state index in [0.29, 0.717) is 34.4 Å². The Balaban J connectivity index is 1.04. The van der Waals surface area contributed by atoms with E-state index in [2.05, 4.69) is 35.3 Å². The number of alkyl halides is 3. The molecule has 4 aromatic heterocycles. The van der Waals surface area contributed by atoms with Crippen LogP contribution in [0.2, 0.25) is 0 Å². The fraction of sp³-hybridized carbons (Fsp3) is 0.333. The van der Waals surface area contributed by atoms with E-state index in [0.717, 1.165) is 21.9 Å². The van der Waals surface area contributed by atoms with Gasteiger partial charge in [-0.1, -0.05) is 31.2 Å². The highest BCUT2D eigenvalue weighted by molar-refractivity contribution is 6.13. The maximum atomic E-state index is 14.6. The lowest BCUT2D eigenvalue weighted by Gasteiger charge is -2.46. The number of rotatable bonds is 17. The molecule has 0 spiro atoms. The molecular formula is C51H54F4N14O7. The van der Waals surface area contributed by atoms with Crippen molar-refractivity contribution in [1.29, 1.82) is 0 Å². The standard InChI is InChI=1S/C51H54F4N14O7/c1-6-37(30-7-11-32(52)12-8-30)62-49(74)68-42(36(43(68)70)24-29-18-20-59-40(57)26-29)46(73)67(5)48-61-27-33(65(48)3)13-16-38(31-9-14-34(15-10-31)76-51(53,54)55)63-50(75)69-41(45(72)66(4)47-60-21-22-64(47)2)35(44(69)71)23-28-17-19-58-39(56)25-28/h7-12,14-15,17-22,25-27,35-38,41-42H,6,13,16,23-24H2,1-5H3,(H2,56,58)(H2,57,59)(H,62,74)(H,63,75)/t35-,36-,37?,38-,41+,42+/m1/s1. The Labute approximate surface area is 432 Å². The van der Waals surface area contributed by atoms with Crippen molar-refractivity contribution in [2.75, 3.05) is 35.4 Å². The third-order valence-electron chi connectivity index (χ3n) is 13.6. The topological polar surface area (TPSA) is 262 Å². The van der Waals surface area contributed by atoms with E-state index in [1.165, 1.54) is 85.1 Å². The van der Waals surface area contributed by atoms with E-state index < -0.39 is 89.6 Å². The van der Waals surface area contributed by atoms with Crippen LogP contribution in [0.1, 0.15) is 59.8 Å². The van der Waals surface area contributed by atoms with E-state index in [-0.39, 0.29) is 49.2 Å². The molecule has 0 saturated carbocycles. The van der Waals surface area contributed by atoms with Crippen molar-refractivity contribution in [2.45, 2.75) is 69.6 Å². The van der Waals surface area contributed by atoms with Crippen molar-refractivity contribution in [3.63, 3.8) is 0 Å². The number of carbonyl (C=O) groups is 6. The summed E-state index contributed by atoms with van der Waals surface area (Å²) in [5, 5.41) is 5.64. The second kappa shape index (κ2) is 21.9. The molecule has 2 fully saturated rings. The van der Waals surface area contributed by atoms with Gasteiger partial charge in [0, 0.05) is 58.7 Å². The number of pyridine rings is 2. The summed E-state index contributed by atoms with van der Waals surface area (Å²) in [6.07, 6.45) is 3.08. The number of anilines is 4. The summed E-state index contributed by atoms with van der Waals surface area (Å²) in [6.45, 7) is 1.80. The second-order valence-corrected chi connectivity index (χ2v) is 18.5. The first-order valence-corrected chi connectivity index (χ1v) is 24.0. The van der Waals surface area contributed by atoms with E-state index in [1.54, 1.807) is 60.6 Å². The number of hydrogen-bond donors (Lipinski definition) is 4. The van der Waals surface area contributed by atoms with Gasteiger partial charge in [-0.2, -0.15) is 0 Å². The molecule has 8 amide bonds. The number of imidazole rings is 2. The minimum atomic E-state index is -4.99. The maximum absolute atomic E-state index is 14.6. The first-order valence-electron chi connectivity index (χ1n) is 24.0. The van der Waals surface area contributed by atoms with Crippen LogP contribution < -0.4 is 36.6 Å². The van der Waals surface area contributed by atoms with E-state index in [1.807, 2.05) is 0 Å². The fourth-order valence-corrected chi connectivity index (χ4v) is 9.59. The van der Waals surface area contributed by atoms with Crippen LogP contribution in [-0.4, -0.2) is 107 Å². The number of nitrogen functional groups attached to an aromatic ring is 2. The molecule has 21 nitrogen and oxygen atoms in total. The molecule has 25 heteroatoms. The number of halogens is 4. The molecule has 76 heavy (non-hydrogen) atoms. The predicted octanol–water partition coefficient (Wildman–Crippen LogP) is 5.16. The Hall–Kier alpha value is -8.90. The van der Waals surface area contributed by atoms with Gasteiger partial charge >= 0.3 is 18.4 Å². The number of likely N-dealkylation sites (N-methyl/N-ethyl adjacent to an activating group) is 2. The van der Waals surface area contributed by atoms with Crippen LogP contribution in [0.4, 0.5) is 50.7 Å². The number of β-lactam (4-membered cyclic amide) rings is 2. The number of amides is 8. The average molecular weight is 1050 g/mol. The molecule has 0 bridgehead atoms. The smallest absolute Gasteiger partial charge is 0.406 e. The van der Waals surface area contributed by atoms with Crippen LogP contribution in [0.5, 0.6) is 5.75 Å². The van der Waals surface area contributed by atoms with E-state index in [9.17, 15) is 46.3 Å². The molecule has 2 aliphatic heterocycles. The van der Waals surface area contributed by atoms with Gasteiger partial charge in [0.1, 0.15) is 35.3 Å². The third-order valence-corrected chi connectivity index (χ3v) is 13.6. The highest BCUT2D eigenvalue weighted by Crippen LogP contribution is 2.36. The van der Waals surface area contributed by atoms with Gasteiger partial charge in [0.15, 0.2) is 0 Å². The van der Waals surface area contributed by atoms with Crippen molar-refractivity contribution in [2.24, 2.45) is 25.9 Å². The number of imide groups is 2. The summed E-state index contributed by atoms with van der Waals surface area (Å²) in [5.41, 5.74) is 14.4. The Bertz CT molecular complexity index is 3150. The number of aromatic nitrogens is 6. The minimum Gasteiger partial charge on any atom is -0.406 e. The molecule has 2 aliphatic rings. The quantitative estimate of drug-likeness (QED) is 0.0681. The van der Waals surface area contributed by atoms with Crippen LogP contribution in [0.3, 0.4) is 0 Å². The van der Waals surface area contributed by atoms with Crippen LogP contribution in [-0.2, 0) is 52.5 Å². The minimum absolute atomic E-state index is 0.0314. The number of urea groups is 2. The largest absolute Gasteiger partial charge is 0.573 e. The summed E-state index contributed by atoms with van der Waals surface area (Å²) in [6, 6.07) is 10.6. The monoisotopic (exact) mass is 1050 g/mol. The van der Waals surface area contributed by atoms with Crippen LogP contribution in [0.25, 0.3) is 0 Å². The average Bonchev–Trinajstić information content (AvgIpc) is 4.03. The molecule has 6 N–H and O–H groups in total. The van der Waals surface area contributed by atoms with Gasteiger partial charge in [0.2, 0.25) is 23.7 Å². The van der Waals surface area contributed by atoms with Gasteiger partial charge in [0.25, 0.3) is 11.8 Å². The number of ether oxygens (including phenoxy) is 1. The number of nitrogens with two attached hydrogens (primary N) is 2. The second-order valence-electron chi connectivity index (χ2n) is 18.5. The van der Waals surface area contributed by atoms with Crippen molar-refractivity contribution in [3.8, 4) is 5.75 Å². The van der Waals surface area contributed by atoms with Crippen molar-refractivity contribution in [1.82, 2.24) is 49.5 Å². The normalized spacial score (nSPS) is 18.0. The molecule has 2 aromatic carbocycles. The van der Waals surface area contributed by atoms with Gasteiger partial charge < -0.3 is 36.0 Å². The van der Waals surface area contributed by atoms with Gasteiger partial charge in [-0.25, -0.2) is 33.9 Å². The fourth-order valence-electron chi connectivity index (χ4n) is 9.59. The zero-order valence-electron chi connectivity index (χ0n) is 41.8. The SMILES string of the molecule is CCC(NC(=O)N1C(=O)[C@H](Cc2ccnc(N)c2)[C@H]1C(=O)N(C)c1ncc(CC[C@@H](NC(=O)N2C(=O)[C@H](Cc3ccnc(N)c3)[C@H]2C(=O)N(C)c2nccn2C)c2ccc(OC(F)(F)F)cc2)n1C)c1ccc(F)cc1. The molecule has 6 aromatic rings. The van der Waals surface area contributed by atoms with E-state index >= 15 is 0 Å². The van der Waals surface area contributed by atoms with Crippen LogP contribution >= 0.6 is 0 Å². The number of nitrogens with one attached hydrogen (secondary N) is 2. The summed E-state index contributed by atoms with van der Waals surface area (Å²) >= 11 is 0. The zero-order valence-corrected chi connectivity index (χ0v) is 41.8. The molecule has 2 saturated heterocycles. The first kappa shape index (κ1) is 53.4. The summed E-state index contributed by atoms with van der Waals surface area (Å²) in [5.74, 6) is -4.88. The van der Waals surface area contributed by atoms with Gasteiger partial charge in [-0.3, -0.25) is 38.8 Å². The summed E-state index contributed by atoms with van der Waals surface area (Å²) in [7, 11) is 6.17. The van der Waals surface area contributed by atoms with Crippen LogP contribution in [0.15, 0.2) is 104 Å². The highest BCUT2D eigenvalue weighted by atomic mass is 19.4. The number of benzene rings is 2. The summed E-state index contributed by atoms with van der Waals surface area (Å²) < 4.78 is 60.6. The zero-order chi connectivity index (χ0) is 54.7. The van der Waals surface area contributed by atoms with Crippen molar-refractivity contribution < 1.29 is 51.1 Å². The molecule has 398 valence electrons. The summed E-state index contributed by atoms with van der Waals surface area (Å²) in [4.78, 5) is 106. The molecular weight excluding hydrogens is 997 g/mol. The van der Waals surface area contributed by atoms with Crippen LogP contribution in [0, 0.1) is 17.7 Å². The third kappa shape index (κ3) is 11.3. The number of aryl methyl sites for hydroxylation is 2. The Morgan fingerprint density at radius 2 is 1.21 bits per heavy atom. The lowest BCUT2D eigenvalue weighted by atomic mass is 9.81. The molecule has 8 rings (SSSR count). The van der Waals surface area contributed by atoms with Gasteiger partial charge in [0.05, 0.1) is 30.1 Å². The first-order chi connectivity index (χ1) is 36.1. The Kier molecular flexibility index (Phi) is 15.4. The maximum Gasteiger partial charge on any atom is 0.573 e. The van der Waals surface area contributed by atoms with Crippen molar-refractivity contribution in [3.05, 3.63) is 138 Å². The molecule has 1 unspecified atom stereocenters. The lowest BCUT2D eigenvalue weighted by molar-refractivity contribution is -0.274. The highest BCUT2D eigenvalue weighted by Gasteiger charge is 2.57. The number of likely N-dealkylation sites (tertiary alicyclic amines) is 2. The van der Waals surface area contributed by atoms with Crippen molar-refractivity contribution >= 4 is 59.2 Å². The Morgan fingerprint density at radius 3 is 1.70 bits per heavy atom. The Morgan fingerprint density at radius 1 is 0.711 bits per heavy atom. The molecule has 0 radical (unpaired) electrons. The van der Waals surface area contributed by atoms with Gasteiger partial charge in [-0.05, 0) is 103 Å². The molecule has 0 aliphatic carbocycles. The predicted molar refractivity (Wildman–Crippen MR) is 267 cm³/mol. The van der Waals surface area contributed by atoms with Gasteiger partial charge in [-0.15, -0.1) is 13.2 Å².